The molecule has 2 aromatic heterocycles. The molecule has 2 N–H and O–H groups in total. The Morgan fingerprint density at radius 1 is 1.22 bits per heavy atom. The molecule has 0 saturated carbocycles. The van der Waals surface area contributed by atoms with Gasteiger partial charge in [0.1, 0.15) is 0 Å². The summed E-state index contributed by atoms with van der Waals surface area (Å²) in [7, 11) is 0. The van der Waals surface area contributed by atoms with Crippen LogP contribution in [0.2, 0.25) is 0 Å². The fourth-order valence-electron chi connectivity index (χ4n) is 1.79. The first-order valence-electron chi connectivity index (χ1n) is 6.08. The third-order valence-corrected chi connectivity index (χ3v) is 2.62. The summed E-state index contributed by atoms with van der Waals surface area (Å²) in [6.45, 7) is 5.87. The number of aryl methyl sites for hydroxylation is 3. The summed E-state index contributed by atoms with van der Waals surface area (Å²) in [5, 5.41) is 3.99. The highest BCUT2D eigenvalue weighted by Gasteiger charge is 2.10. The van der Waals surface area contributed by atoms with E-state index in [1.165, 1.54) is 0 Å². The Labute approximate surface area is 106 Å². The van der Waals surface area contributed by atoms with Crippen LogP contribution in [0.5, 0.6) is 0 Å². The van der Waals surface area contributed by atoms with E-state index in [0.29, 0.717) is 18.1 Å². The highest BCUT2D eigenvalue weighted by Crippen LogP contribution is 2.18. The van der Waals surface area contributed by atoms with E-state index in [9.17, 15) is 0 Å². The van der Waals surface area contributed by atoms with Crippen molar-refractivity contribution in [2.45, 2.75) is 39.7 Å². The maximum absolute atomic E-state index is 5.70. The van der Waals surface area contributed by atoms with Crippen LogP contribution < -0.4 is 5.73 Å². The molecule has 0 fully saturated rings. The lowest BCUT2D eigenvalue weighted by atomic mass is 10.2. The van der Waals surface area contributed by atoms with Gasteiger partial charge in [0.15, 0.2) is 0 Å². The molecule has 0 saturated heterocycles. The molecule has 0 spiro atoms. The zero-order valence-corrected chi connectivity index (χ0v) is 11.0. The molecule has 1 unspecified atom stereocenters. The Bertz CT molecular complexity index is 513. The van der Waals surface area contributed by atoms with Crippen LogP contribution in [0.25, 0.3) is 11.4 Å². The number of hydrogen-bond acceptors (Lipinski definition) is 5. The van der Waals surface area contributed by atoms with Gasteiger partial charge in [-0.05, 0) is 39.3 Å². The maximum atomic E-state index is 5.70. The fraction of sp³-hybridized carbons (Fsp3) is 0.462. The van der Waals surface area contributed by atoms with Gasteiger partial charge in [-0.25, -0.2) is 0 Å². The lowest BCUT2D eigenvalue weighted by Crippen LogP contribution is -2.15. The van der Waals surface area contributed by atoms with Crippen LogP contribution in [-0.4, -0.2) is 21.2 Å². The van der Waals surface area contributed by atoms with Crippen LogP contribution >= 0.6 is 0 Å². The van der Waals surface area contributed by atoms with Gasteiger partial charge < -0.3 is 10.3 Å². The predicted molar refractivity (Wildman–Crippen MR) is 69.0 cm³/mol. The first-order chi connectivity index (χ1) is 8.54. The second-order valence-corrected chi connectivity index (χ2v) is 4.67. The molecule has 0 aliphatic heterocycles. The van der Waals surface area contributed by atoms with Crippen molar-refractivity contribution in [3.8, 4) is 11.4 Å². The summed E-state index contributed by atoms with van der Waals surface area (Å²) in [6.07, 6.45) is 1.56. The first-order valence-corrected chi connectivity index (χ1v) is 6.08. The van der Waals surface area contributed by atoms with Gasteiger partial charge in [0.25, 0.3) is 0 Å². The van der Waals surface area contributed by atoms with E-state index in [-0.39, 0.29) is 6.04 Å². The molecule has 0 aliphatic rings. The standard InChI is InChI=1S/C13H18N4O/c1-8(14)4-5-12-16-13(17-18-12)11-6-9(2)15-10(3)7-11/h6-8H,4-5,14H2,1-3H3. The van der Waals surface area contributed by atoms with Crippen molar-refractivity contribution < 1.29 is 4.52 Å². The molecule has 1 atom stereocenters. The summed E-state index contributed by atoms with van der Waals surface area (Å²) >= 11 is 0. The smallest absolute Gasteiger partial charge is 0.227 e. The van der Waals surface area contributed by atoms with Gasteiger partial charge in [0.05, 0.1) is 0 Å². The largest absolute Gasteiger partial charge is 0.339 e. The number of pyridine rings is 1. The number of nitrogens with zero attached hydrogens (tertiary/aromatic N) is 3. The number of hydrogen-bond donors (Lipinski definition) is 1. The maximum Gasteiger partial charge on any atom is 0.227 e. The highest BCUT2D eigenvalue weighted by atomic mass is 16.5. The molecule has 2 aromatic rings. The van der Waals surface area contributed by atoms with E-state index in [4.69, 9.17) is 10.3 Å². The van der Waals surface area contributed by atoms with Gasteiger partial charge in [0.2, 0.25) is 11.7 Å². The van der Waals surface area contributed by atoms with Crippen molar-refractivity contribution in [2.75, 3.05) is 0 Å². The molecule has 0 aliphatic carbocycles. The SMILES string of the molecule is Cc1cc(-c2noc(CCC(C)N)n2)cc(C)n1. The molecule has 0 amide bonds. The van der Waals surface area contributed by atoms with Gasteiger partial charge in [-0.15, -0.1) is 0 Å². The third-order valence-electron chi connectivity index (χ3n) is 2.62. The minimum Gasteiger partial charge on any atom is -0.339 e. The fourth-order valence-corrected chi connectivity index (χ4v) is 1.79. The van der Waals surface area contributed by atoms with E-state index in [1.807, 2.05) is 32.9 Å². The molecule has 96 valence electrons. The summed E-state index contributed by atoms with van der Waals surface area (Å²) in [6, 6.07) is 4.05. The van der Waals surface area contributed by atoms with Gasteiger partial charge >= 0.3 is 0 Å². The molecular weight excluding hydrogens is 228 g/mol. The van der Waals surface area contributed by atoms with Crippen molar-refractivity contribution in [3.63, 3.8) is 0 Å². The Hall–Kier alpha value is -1.75. The zero-order chi connectivity index (χ0) is 13.1. The summed E-state index contributed by atoms with van der Waals surface area (Å²) < 4.78 is 5.21. The van der Waals surface area contributed by atoms with E-state index in [1.54, 1.807) is 0 Å². The third kappa shape index (κ3) is 3.13. The number of aromatic nitrogens is 3. The monoisotopic (exact) mass is 246 g/mol. The molecule has 5 nitrogen and oxygen atoms in total. The summed E-state index contributed by atoms with van der Waals surface area (Å²) in [5.41, 5.74) is 8.54. The Kier molecular flexibility index (Phi) is 3.72. The second-order valence-electron chi connectivity index (χ2n) is 4.67. The minimum absolute atomic E-state index is 0.144. The first kappa shape index (κ1) is 12.7. The molecular formula is C13H18N4O. The Morgan fingerprint density at radius 3 is 2.50 bits per heavy atom. The van der Waals surface area contributed by atoms with E-state index >= 15 is 0 Å². The van der Waals surface area contributed by atoms with Gasteiger partial charge in [0, 0.05) is 29.4 Å². The van der Waals surface area contributed by atoms with Gasteiger partial charge in [-0.3, -0.25) is 4.98 Å². The zero-order valence-electron chi connectivity index (χ0n) is 11.0. The second kappa shape index (κ2) is 5.27. The molecule has 18 heavy (non-hydrogen) atoms. The summed E-state index contributed by atoms with van der Waals surface area (Å²) in [4.78, 5) is 8.70. The average molecular weight is 246 g/mol. The molecule has 2 rings (SSSR count). The quantitative estimate of drug-likeness (QED) is 0.893. The molecule has 0 bridgehead atoms. The Balaban J connectivity index is 2.18. The van der Waals surface area contributed by atoms with Crippen LogP contribution in [0.4, 0.5) is 0 Å². The Morgan fingerprint density at radius 2 is 1.89 bits per heavy atom. The molecule has 0 aromatic carbocycles. The molecule has 5 heteroatoms. The van der Waals surface area contributed by atoms with E-state index in [0.717, 1.165) is 23.4 Å². The summed E-state index contributed by atoms with van der Waals surface area (Å²) in [5.74, 6) is 1.25. The minimum atomic E-state index is 0.144. The van der Waals surface area contributed by atoms with Crippen LogP contribution in [-0.2, 0) is 6.42 Å². The van der Waals surface area contributed by atoms with E-state index < -0.39 is 0 Å². The molecule has 0 radical (unpaired) electrons. The van der Waals surface area contributed by atoms with Crippen LogP contribution in [0.3, 0.4) is 0 Å². The van der Waals surface area contributed by atoms with Crippen LogP contribution in [0, 0.1) is 13.8 Å². The van der Waals surface area contributed by atoms with Gasteiger partial charge in [-0.1, -0.05) is 5.16 Å². The lowest BCUT2D eigenvalue weighted by Gasteiger charge is -2.00. The lowest BCUT2D eigenvalue weighted by molar-refractivity contribution is 0.372. The van der Waals surface area contributed by atoms with E-state index in [2.05, 4.69) is 15.1 Å². The normalized spacial score (nSPS) is 12.7. The van der Waals surface area contributed by atoms with Gasteiger partial charge in [-0.2, -0.15) is 4.98 Å². The topological polar surface area (TPSA) is 77.8 Å². The number of rotatable bonds is 4. The van der Waals surface area contributed by atoms with Crippen molar-refractivity contribution in [1.29, 1.82) is 0 Å². The molecule has 2 heterocycles. The van der Waals surface area contributed by atoms with Crippen molar-refractivity contribution >= 4 is 0 Å². The average Bonchev–Trinajstić information content (AvgIpc) is 2.73. The van der Waals surface area contributed by atoms with Crippen molar-refractivity contribution in [3.05, 3.63) is 29.4 Å². The van der Waals surface area contributed by atoms with Crippen molar-refractivity contribution in [2.24, 2.45) is 5.73 Å². The predicted octanol–water partition coefficient (Wildman–Crippen LogP) is 2.03. The van der Waals surface area contributed by atoms with Crippen LogP contribution in [0.1, 0.15) is 30.6 Å². The number of nitrogens with two attached hydrogens (primary N) is 1. The van der Waals surface area contributed by atoms with Crippen molar-refractivity contribution in [1.82, 2.24) is 15.1 Å². The van der Waals surface area contributed by atoms with Crippen LogP contribution in [0.15, 0.2) is 16.7 Å². The highest BCUT2D eigenvalue weighted by molar-refractivity contribution is 5.55.